The average Bonchev–Trinajstić information content (AvgIpc) is 3.29. The molecule has 2 aromatic rings. The zero-order chi connectivity index (χ0) is 19.9. The highest BCUT2D eigenvalue weighted by atomic mass is 127. The second kappa shape index (κ2) is 11.7. The van der Waals surface area contributed by atoms with E-state index in [1.165, 1.54) is 19.4 Å². The minimum atomic E-state index is 0. The molecule has 1 saturated heterocycles. The predicted molar refractivity (Wildman–Crippen MR) is 129 cm³/mol. The minimum absolute atomic E-state index is 0. The summed E-state index contributed by atoms with van der Waals surface area (Å²) in [5.41, 5.74) is 1.01. The topological polar surface area (TPSA) is 70.4 Å². The number of benzene rings is 1. The van der Waals surface area contributed by atoms with Crippen molar-refractivity contribution in [1.82, 2.24) is 30.3 Å². The first-order valence-electron chi connectivity index (χ1n) is 9.93. The van der Waals surface area contributed by atoms with Crippen molar-refractivity contribution >= 4 is 41.5 Å². The second-order valence-electron chi connectivity index (χ2n) is 7.14. The average molecular weight is 532 g/mol. The standard InChI is InChI=1S/C20H30ClN7.HI/c1-4-28-11-7-9-17(28)13-23-20(22-12-16-8-5-6-10-18(16)21)24-14-19-26-25-15(2)27(19)3;/h5-6,8,10,17H,4,7,9,11-14H2,1-3H3,(H2,22,23,24);1H. The summed E-state index contributed by atoms with van der Waals surface area (Å²) in [5.74, 6) is 2.54. The van der Waals surface area contributed by atoms with Gasteiger partial charge >= 0.3 is 0 Å². The summed E-state index contributed by atoms with van der Waals surface area (Å²) in [4.78, 5) is 7.27. The highest BCUT2D eigenvalue weighted by Gasteiger charge is 2.22. The quantitative estimate of drug-likeness (QED) is 0.326. The van der Waals surface area contributed by atoms with E-state index in [0.717, 1.165) is 41.3 Å². The van der Waals surface area contributed by atoms with E-state index >= 15 is 0 Å². The Morgan fingerprint density at radius 1 is 1.28 bits per heavy atom. The Kier molecular flexibility index (Phi) is 9.64. The van der Waals surface area contributed by atoms with Gasteiger partial charge in [-0.1, -0.05) is 36.7 Å². The van der Waals surface area contributed by atoms with Crippen molar-refractivity contribution in [3.8, 4) is 0 Å². The Morgan fingerprint density at radius 2 is 2.07 bits per heavy atom. The molecule has 0 aliphatic carbocycles. The van der Waals surface area contributed by atoms with Gasteiger partial charge in [0, 0.05) is 24.7 Å². The number of halogens is 2. The highest BCUT2D eigenvalue weighted by molar-refractivity contribution is 14.0. The second-order valence-corrected chi connectivity index (χ2v) is 7.54. The van der Waals surface area contributed by atoms with Gasteiger partial charge in [-0.05, 0) is 44.5 Å². The largest absolute Gasteiger partial charge is 0.355 e. The Morgan fingerprint density at radius 3 is 2.76 bits per heavy atom. The van der Waals surface area contributed by atoms with E-state index in [2.05, 4.69) is 32.7 Å². The molecule has 7 nitrogen and oxygen atoms in total. The van der Waals surface area contributed by atoms with Crippen LogP contribution >= 0.6 is 35.6 Å². The molecule has 1 unspecified atom stereocenters. The lowest BCUT2D eigenvalue weighted by atomic mass is 10.2. The van der Waals surface area contributed by atoms with Crippen LogP contribution in [0.15, 0.2) is 29.3 Å². The number of hydrogen-bond donors (Lipinski definition) is 2. The fraction of sp³-hybridized carbons (Fsp3) is 0.550. The van der Waals surface area contributed by atoms with Crippen LogP contribution in [0.5, 0.6) is 0 Å². The van der Waals surface area contributed by atoms with Crippen LogP contribution in [0, 0.1) is 6.92 Å². The van der Waals surface area contributed by atoms with E-state index in [9.17, 15) is 0 Å². The van der Waals surface area contributed by atoms with E-state index in [4.69, 9.17) is 16.6 Å². The third-order valence-electron chi connectivity index (χ3n) is 5.37. The smallest absolute Gasteiger partial charge is 0.192 e. The number of likely N-dealkylation sites (N-methyl/N-ethyl adjacent to an activating group) is 1. The van der Waals surface area contributed by atoms with E-state index in [-0.39, 0.29) is 24.0 Å². The Bertz CT molecular complexity index is 808. The molecule has 0 amide bonds. The molecule has 0 radical (unpaired) electrons. The fourth-order valence-electron chi connectivity index (χ4n) is 3.49. The number of aryl methyl sites for hydroxylation is 1. The molecule has 1 aliphatic heterocycles. The van der Waals surface area contributed by atoms with Crippen LogP contribution in [-0.2, 0) is 20.1 Å². The van der Waals surface area contributed by atoms with Crippen LogP contribution in [0.25, 0.3) is 0 Å². The third-order valence-corrected chi connectivity index (χ3v) is 5.74. The van der Waals surface area contributed by atoms with Gasteiger partial charge in [-0.2, -0.15) is 0 Å². The summed E-state index contributed by atoms with van der Waals surface area (Å²) in [6.07, 6.45) is 2.49. The van der Waals surface area contributed by atoms with Crippen molar-refractivity contribution in [2.75, 3.05) is 19.6 Å². The van der Waals surface area contributed by atoms with Gasteiger partial charge in [0.2, 0.25) is 0 Å². The molecule has 160 valence electrons. The number of aromatic nitrogens is 3. The first kappa shape index (κ1) is 23.9. The normalized spacial score (nSPS) is 17.2. The molecule has 0 bridgehead atoms. The number of nitrogens with zero attached hydrogens (tertiary/aromatic N) is 5. The van der Waals surface area contributed by atoms with Gasteiger partial charge in [-0.15, -0.1) is 34.2 Å². The van der Waals surface area contributed by atoms with Crippen molar-refractivity contribution in [3.63, 3.8) is 0 Å². The molecule has 9 heteroatoms. The summed E-state index contributed by atoms with van der Waals surface area (Å²) in [6.45, 7) is 8.40. The van der Waals surface area contributed by atoms with Gasteiger partial charge in [-0.25, -0.2) is 4.99 Å². The first-order chi connectivity index (χ1) is 13.6. The maximum Gasteiger partial charge on any atom is 0.192 e. The summed E-state index contributed by atoms with van der Waals surface area (Å²) in [5, 5.41) is 16.0. The molecule has 0 spiro atoms. The number of hydrogen-bond acceptors (Lipinski definition) is 4. The fourth-order valence-corrected chi connectivity index (χ4v) is 3.69. The van der Waals surface area contributed by atoms with E-state index in [1.54, 1.807) is 0 Å². The zero-order valence-electron chi connectivity index (χ0n) is 17.4. The van der Waals surface area contributed by atoms with Gasteiger partial charge in [0.1, 0.15) is 5.82 Å². The van der Waals surface area contributed by atoms with Crippen molar-refractivity contribution in [2.45, 2.75) is 45.8 Å². The van der Waals surface area contributed by atoms with Gasteiger partial charge in [0.15, 0.2) is 11.8 Å². The molecular formula is C20H31ClIN7. The molecule has 1 atom stereocenters. The molecule has 1 aromatic carbocycles. The molecule has 29 heavy (non-hydrogen) atoms. The lowest BCUT2D eigenvalue weighted by molar-refractivity contribution is 0.267. The van der Waals surface area contributed by atoms with Crippen LogP contribution in [0.3, 0.4) is 0 Å². The molecule has 0 saturated carbocycles. The van der Waals surface area contributed by atoms with E-state index in [1.807, 2.05) is 42.8 Å². The van der Waals surface area contributed by atoms with Crippen LogP contribution in [0.1, 0.15) is 37.0 Å². The van der Waals surface area contributed by atoms with Crippen LogP contribution in [0.4, 0.5) is 0 Å². The minimum Gasteiger partial charge on any atom is -0.355 e. The van der Waals surface area contributed by atoms with Crippen molar-refractivity contribution in [2.24, 2.45) is 12.0 Å². The van der Waals surface area contributed by atoms with Gasteiger partial charge in [-0.3, -0.25) is 4.90 Å². The summed E-state index contributed by atoms with van der Waals surface area (Å²) in [7, 11) is 1.97. The van der Waals surface area contributed by atoms with Gasteiger partial charge in [0.05, 0.1) is 13.1 Å². The number of guanidine groups is 1. The molecule has 3 rings (SSSR count). The first-order valence-corrected chi connectivity index (χ1v) is 10.3. The van der Waals surface area contributed by atoms with Crippen LogP contribution in [0.2, 0.25) is 5.02 Å². The predicted octanol–water partition coefficient (Wildman–Crippen LogP) is 3.11. The number of rotatable bonds is 7. The van der Waals surface area contributed by atoms with Gasteiger partial charge in [0.25, 0.3) is 0 Å². The monoisotopic (exact) mass is 531 g/mol. The summed E-state index contributed by atoms with van der Waals surface area (Å²) in [6, 6.07) is 8.37. The highest BCUT2D eigenvalue weighted by Crippen LogP contribution is 2.16. The number of nitrogens with one attached hydrogen (secondary N) is 2. The Labute approximate surface area is 195 Å². The van der Waals surface area contributed by atoms with Crippen molar-refractivity contribution in [1.29, 1.82) is 0 Å². The molecule has 1 aliphatic rings. The number of aliphatic imine (C=N–C) groups is 1. The lowest BCUT2D eigenvalue weighted by Gasteiger charge is -2.24. The van der Waals surface area contributed by atoms with Gasteiger partial charge < -0.3 is 15.2 Å². The van der Waals surface area contributed by atoms with Crippen molar-refractivity contribution in [3.05, 3.63) is 46.5 Å². The maximum absolute atomic E-state index is 6.28. The number of likely N-dealkylation sites (tertiary alicyclic amines) is 1. The molecule has 1 aromatic heterocycles. The molecular weight excluding hydrogens is 501 g/mol. The summed E-state index contributed by atoms with van der Waals surface area (Å²) >= 11 is 6.28. The van der Waals surface area contributed by atoms with E-state index in [0.29, 0.717) is 19.1 Å². The molecule has 1 fully saturated rings. The van der Waals surface area contributed by atoms with Crippen LogP contribution < -0.4 is 10.6 Å². The van der Waals surface area contributed by atoms with Crippen molar-refractivity contribution < 1.29 is 0 Å². The molecule has 2 heterocycles. The Hall–Kier alpha value is -1.39. The third kappa shape index (κ3) is 6.55. The zero-order valence-corrected chi connectivity index (χ0v) is 20.4. The SMILES string of the molecule is CCN1CCCC1CNC(=NCc1ccccc1Cl)NCc1nnc(C)n1C.I. The maximum atomic E-state index is 6.28. The summed E-state index contributed by atoms with van der Waals surface area (Å²) < 4.78 is 1.98. The lowest BCUT2D eigenvalue weighted by Crippen LogP contribution is -2.44. The molecule has 2 N–H and O–H groups in total. The van der Waals surface area contributed by atoms with E-state index < -0.39 is 0 Å². The van der Waals surface area contributed by atoms with Crippen LogP contribution in [-0.4, -0.2) is 51.3 Å². The Balaban J connectivity index is 0.00000300.